The van der Waals surface area contributed by atoms with Crippen LogP contribution in [0.25, 0.3) is 0 Å². The van der Waals surface area contributed by atoms with Gasteiger partial charge < -0.3 is 5.32 Å². The lowest BCUT2D eigenvalue weighted by atomic mass is 9.93. The van der Waals surface area contributed by atoms with Crippen molar-refractivity contribution in [3.8, 4) is 0 Å². The Kier molecular flexibility index (Phi) is 4.15. The lowest BCUT2D eigenvalue weighted by Crippen LogP contribution is -2.28. The van der Waals surface area contributed by atoms with E-state index in [-0.39, 0.29) is 23.0 Å². The number of fused-ring (bicyclic) bond motifs is 1. The van der Waals surface area contributed by atoms with Crippen molar-refractivity contribution in [2.45, 2.75) is 6.42 Å². The molecular formula is C17H13N3O4. The van der Waals surface area contributed by atoms with Crippen LogP contribution in [0.5, 0.6) is 0 Å². The van der Waals surface area contributed by atoms with Crippen LogP contribution in [0.4, 0.5) is 5.69 Å². The summed E-state index contributed by atoms with van der Waals surface area (Å²) in [6.45, 7) is 0.387. The van der Waals surface area contributed by atoms with Gasteiger partial charge in [-0.2, -0.15) is 0 Å². The highest BCUT2D eigenvalue weighted by molar-refractivity contribution is 6.24. The molecule has 0 saturated heterocycles. The van der Waals surface area contributed by atoms with Crippen LogP contribution in [-0.4, -0.2) is 28.0 Å². The number of carbonyl (C=O) groups excluding carboxylic acids is 2. The summed E-state index contributed by atoms with van der Waals surface area (Å²) in [6.07, 6.45) is 2.96. The van der Waals surface area contributed by atoms with Crippen molar-refractivity contribution in [2.75, 3.05) is 6.54 Å². The molecule has 120 valence electrons. The SMILES string of the molecule is O=C1C=C(NCCc2ccc([N+](=O)[O-])cn2)C(=O)c2ccccc21. The van der Waals surface area contributed by atoms with Crippen molar-refractivity contribution in [1.29, 1.82) is 0 Å². The van der Waals surface area contributed by atoms with Gasteiger partial charge in [-0.25, -0.2) is 0 Å². The number of hydrogen-bond donors (Lipinski definition) is 1. The normalized spacial score (nSPS) is 13.2. The highest BCUT2D eigenvalue weighted by Crippen LogP contribution is 2.19. The number of aromatic nitrogens is 1. The zero-order valence-corrected chi connectivity index (χ0v) is 12.6. The molecule has 7 nitrogen and oxygen atoms in total. The van der Waals surface area contributed by atoms with Crippen LogP contribution in [0.2, 0.25) is 0 Å². The van der Waals surface area contributed by atoms with Gasteiger partial charge in [-0.05, 0) is 6.07 Å². The molecular weight excluding hydrogens is 310 g/mol. The summed E-state index contributed by atoms with van der Waals surface area (Å²) in [5, 5.41) is 13.5. The van der Waals surface area contributed by atoms with E-state index in [1.165, 1.54) is 18.3 Å². The summed E-state index contributed by atoms with van der Waals surface area (Å²) in [5.41, 5.74) is 1.63. The molecule has 24 heavy (non-hydrogen) atoms. The number of carbonyl (C=O) groups is 2. The minimum absolute atomic E-state index is 0.0703. The first kappa shape index (κ1) is 15.5. The number of rotatable bonds is 5. The van der Waals surface area contributed by atoms with Gasteiger partial charge in [0.25, 0.3) is 5.69 Å². The molecule has 0 spiro atoms. The van der Waals surface area contributed by atoms with Crippen molar-refractivity contribution in [3.05, 3.63) is 81.3 Å². The number of nitro groups is 1. The molecule has 0 unspecified atom stereocenters. The molecule has 0 radical (unpaired) electrons. The predicted molar refractivity (Wildman–Crippen MR) is 85.8 cm³/mol. The van der Waals surface area contributed by atoms with Gasteiger partial charge in [0.05, 0.1) is 10.6 Å². The molecule has 1 aromatic carbocycles. The minimum Gasteiger partial charge on any atom is -0.381 e. The number of hydrogen-bond acceptors (Lipinski definition) is 6. The van der Waals surface area contributed by atoms with Crippen molar-refractivity contribution < 1.29 is 14.5 Å². The molecule has 0 amide bonds. The summed E-state index contributed by atoms with van der Waals surface area (Å²) in [7, 11) is 0. The van der Waals surface area contributed by atoms with Crippen molar-refractivity contribution in [3.63, 3.8) is 0 Å². The van der Waals surface area contributed by atoms with E-state index in [9.17, 15) is 19.7 Å². The molecule has 1 aliphatic rings. The first-order valence-corrected chi connectivity index (χ1v) is 7.29. The third kappa shape index (κ3) is 3.05. The number of nitrogens with zero attached hydrogens (tertiary/aromatic N) is 2. The van der Waals surface area contributed by atoms with E-state index < -0.39 is 4.92 Å². The number of allylic oxidation sites excluding steroid dienone is 2. The van der Waals surface area contributed by atoms with Gasteiger partial charge in [0.15, 0.2) is 5.78 Å². The largest absolute Gasteiger partial charge is 0.381 e. The first-order valence-electron chi connectivity index (χ1n) is 7.29. The average molecular weight is 323 g/mol. The Morgan fingerprint density at radius 3 is 2.50 bits per heavy atom. The van der Waals surface area contributed by atoms with Crippen LogP contribution < -0.4 is 5.32 Å². The van der Waals surface area contributed by atoms with E-state index in [1.54, 1.807) is 30.3 Å². The highest BCUT2D eigenvalue weighted by atomic mass is 16.6. The minimum atomic E-state index is -0.510. The Morgan fingerprint density at radius 1 is 1.08 bits per heavy atom. The Morgan fingerprint density at radius 2 is 1.83 bits per heavy atom. The Hall–Kier alpha value is -3.35. The van der Waals surface area contributed by atoms with Crippen LogP contribution >= 0.6 is 0 Å². The van der Waals surface area contributed by atoms with Gasteiger partial charge in [-0.3, -0.25) is 24.7 Å². The Balaban J connectivity index is 1.64. The van der Waals surface area contributed by atoms with Crippen LogP contribution in [0.1, 0.15) is 26.4 Å². The number of ketones is 2. The lowest BCUT2D eigenvalue weighted by Gasteiger charge is -2.16. The smallest absolute Gasteiger partial charge is 0.287 e. The third-order valence-electron chi connectivity index (χ3n) is 3.67. The lowest BCUT2D eigenvalue weighted by molar-refractivity contribution is -0.385. The van der Waals surface area contributed by atoms with Gasteiger partial charge in [0, 0.05) is 41.9 Å². The number of nitrogens with one attached hydrogen (secondary N) is 1. The monoisotopic (exact) mass is 323 g/mol. The molecule has 0 atom stereocenters. The van der Waals surface area contributed by atoms with E-state index in [4.69, 9.17) is 0 Å². The first-order chi connectivity index (χ1) is 11.6. The third-order valence-corrected chi connectivity index (χ3v) is 3.67. The maximum absolute atomic E-state index is 12.4. The fourth-order valence-corrected chi connectivity index (χ4v) is 2.44. The summed E-state index contributed by atoms with van der Waals surface area (Å²) in [6, 6.07) is 9.64. The van der Waals surface area contributed by atoms with Gasteiger partial charge in [0.1, 0.15) is 6.20 Å². The zero-order valence-electron chi connectivity index (χ0n) is 12.6. The molecule has 2 aromatic rings. The molecule has 7 heteroatoms. The topological polar surface area (TPSA) is 102 Å². The molecule has 0 saturated carbocycles. The number of Topliss-reactive ketones (excluding diaryl/α,β-unsaturated/α-hetero) is 1. The maximum Gasteiger partial charge on any atom is 0.287 e. The van der Waals surface area contributed by atoms with Crippen molar-refractivity contribution >= 4 is 17.3 Å². The van der Waals surface area contributed by atoms with E-state index in [0.29, 0.717) is 29.8 Å². The molecule has 1 N–H and O–H groups in total. The standard InChI is InChI=1S/C17H13N3O4/c21-16-9-15(17(22)14-4-2-1-3-13(14)16)18-8-7-11-5-6-12(10-19-11)20(23)24/h1-6,9-10,18H,7-8H2. The van der Waals surface area contributed by atoms with E-state index in [0.717, 1.165) is 0 Å². The summed E-state index contributed by atoms with van der Waals surface area (Å²) in [4.78, 5) is 38.4. The van der Waals surface area contributed by atoms with Crippen LogP contribution in [0, 0.1) is 10.1 Å². The summed E-state index contributed by atoms with van der Waals surface area (Å²) in [5.74, 6) is -0.428. The average Bonchev–Trinajstić information content (AvgIpc) is 2.59. The zero-order chi connectivity index (χ0) is 17.1. The fourth-order valence-electron chi connectivity index (χ4n) is 2.44. The molecule has 3 rings (SSSR count). The maximum atomic E-state index is 12.4. The Labute approximate surface area is 137 Å². The van der Waals surface area contributed by atoms with E-state index in [2.05, 4.69) is 10.3 Å². The predicted octanol–water partition coefficient (Wildman–Crippen LogP) is 2.08. The second-order valence-corrected chi connectivity index (χ2v) is 5.24. The molecule has 1 aliphatic carbocycles. The Bertz CT molecular complexity index is 856. The van der Waals surface area contributed by atoms with Gasteiger partial charge >= 0.3 is 0 Å². The van der Waals surface area contributed by atoms with E-state index >= 15 is 0 Å². The van der Waals surface area contributed by atoms with Gasteiger partial charge in [-0.15, -0.1) is 0 Å². The molecule has 0 aliphatic heterocycles. The molecule has 0 bridgehead atoms. The number of benzene rings is 1. The molecule has 1 aromatic heterocycles. The fraction of sp³-hybridized carbons (Fsp3) is 0.118. The van der Waals surface area contributed by atoms with Crippen LogP contribution in [-0.2, 0) is 6.42 Å². The number of pyridine rings is 1. The van der Waals surface area contributed by atoms with E-state index in [1.807, 2.05) is 0 Å². The highest BCUT2D eigenvalue weighted by Gasteiger charge is 2.24. The summed E-state index contributed by atoms with van der Waals surface area (Å²) >= 11 is 0. The molecule has 1 heterocycles. The van der Waals surface area contributed by atoms with Gasteiger partial charge in [-0.1, -0.05) is 24.3 Å². The quantitative estimate of drug-likeness (QED) is 0.667. The van der Waals surface area contributed by atoms with Crippen LogP contribution in [0.3, 0.4) is 0 Å². The van der Waals surface area contributed by atoms with Crippen molar-refractivity contribution in [1.82, 2.24) is 10.3 Å². The van der Waals surface area contributed by atoms with Crippen LogP contribution in [0.15, 0.2) is 54.4 Å². The molecule has 0 fully saturated rings. The summed E-state index contributed by atoms with van der Waals surface area (Å²) < 4.78 is 0. The second-order valence-electron chi connectivity index (χ2n) is 5.24. The van der Waals surface area contributed by atoms with Gasteiger partial charge in [0.2, 0.25) is 5.78 Å². The second kappa shape index (κ2) is 6.41. The van der Waals surface area contributed by atoms with Crippen molar-refractivity contribution in [2.24, 2.45) is 0 Å².